The maximum Gasteiger partial charge on any atom is 0.317 e. The van der Waals surface area contributed by atoms with Gasteiger partial charge in [-0.3, -0.25) is 9.69 Å². The molecule has 2 aromatic carbocycles. The lowest BCUT2D eigenvalue weighted by Crippen LogP contribution is -2.45. The largest absolute Gasteiger partial charge is 0.492 e. The summed E-state index contributed by atoms with van der Waals surface area (Å²) in [5.41, 5.74) is 3.31. The molecule has 1 N–H and O–H groups in total. The molecule has 0 amide bonds. The van der Waals surface area contributed by atoms with E-state index in [1.54, 1.807) is 0 Å². The molecule has 28 heavy (non-hydrogen) atoms. The number of fused-ring (bicyclic) bond motifs is 2. The van der Waals surface area contributed by atoms with Gasteiger partial charge in [0.1, 0.15) is 18.1 Å². The lowest BCUT2D eigenvalue weighted by Gasteiger charge is -2.37. The second kappa shape index (κ2) is 7.64. The van der Waals surface area contributed by atoms with Gasteiger partial charge < -0.3 is 14.6 Å². The van der Waals surface area contributed by atoms with Crippen LogP contribution in [0.3, 0.4) is 0 Å². The molecule has 1 fully saturated rings. The second-order valence-corrected chi connectivity index (χ2v) is 8.19. The number of likely N-dealkylation sites (tertiary alicyclic amines) is 1. The molecule has 0 atom stereocenters. The van der Waals surface area contributed by atoms with Crippen LogP contribution >= 0.6 is 11.6 Å². The average molecular weight is 402 g/mol. The van der Waals surface area contributed by atoms with Crippen molar-refractivity contribution in [3.63, 3.8) is 0 Å². The lowest BCUT2D eigenvalue weighted by atomic mass is 9.74. The number of aliphatic carboxylic acids is 1. The number of carboxylic acid groups (broad SMARTS) is 1. The van der Waals surface area contributed by atoms with Crippen LogP contribution in [-0.2, 0) is 16.8 Å². The van der Waals surface area contributed by atoms with Gasteiger partial charge in [0, 0.05) is 27.6 Å². The van der Waals surface area contributed by atoms with E-state index in [4.69, 9.17) is 26.2 Å². The highest BCUT2D eigenvalue weighted by Gasteiger charge is 2.43. The zero-order valence-electron chi connectivity index (χ0n) is 15.9. The number of carboxylic acids is 1. The molecule has 148 valence electrons. The Labute approximate surface area is 169 Å². The Kier molecular flexibility index (Phi) is 5.21. The maximum absolute atomic E-state index is 10.9. The van der Waals surface area contributed by atoms with Gasteiger partial charge in [0.2, 0.25) is 0 Å². The van der Waals surface area contributed by atoms with Crippen molar-refractivity contribution in [2.24, 2.45) is 0 Å². The van der Waals surface area contributed by atoms with Crippen LogP contribution in [0.2, 0.25) is 5.02 Å². The van der Waals surface area contributed by atoms with Crippen LogP contribution in [-0.4, -0.2) is 42.2 Å². The minimum atomic E-state index is -0.769. The highest BCUT2D eigenvalue weighted by molar-refractivity contribution is 6.31. The van der Waals surface area contributed by atoms with E-state index in [-0.39, 0.29) is 12.0 Å². The van der Waals surface area contributed by atoms with Crippen LogP contribution in [0.15, 0.2) is 36.4 Å². The summed E-state index contributed by atoms with van der Waals surface area (Å²) < 4.78 is 12.0. The quantitative estimate of drug-likeness (QED) is 0.819. The summed E-state index contributed by atoms with van der Waals surface area (Å²) in [6.45, 7) is 4.76. The van der Waals surface area contributed by atoms with Gasteiger partial charge >= 0.3 is 5.97 Å². The first-order chi connectivity index (χ1) is 13.4. The molecule has 0 aromatic heterocycles. The number of nitrogens with zero attached hydrogens (tertiary/aromatic N) is 1. The van der Waals surface area contributed by atoms with Crippen molar-refractivity contribution >= 4 is 17.6 Å². The highest BCUT2D eigenvalue weighted by Crippen LogP contribution is 2.46. The monoisotopic (exact) mass is 401 g/mol. The number of benzene rings is 2. The summed E-state index contributed by atoms with van der Waals surface area (Å²) in [7, 11) is 0. The van der Waals surface area contributed by atoms with E-state index in [0.717, 1.165) is 48.6 Å². The molecule has 2 aromatic rings. The van der Waals surface area contributed by atoms with E-state index in [2.05, 4.69) is 6.07 Å². The molecule has 1 saturated heterocycles. The Bertz CT molecular complexity index is 890. The number of halogens is 1. The van der Waals surface area contributed by atoms with Crippen molar-refractivity contribution < 1.29 is 19.4 Å². The fraction of sp³-hybridized carbons (Fsp3) is 0.409. The predicted octanol–water partition coefficient (Wildman–Crippen LogP) is 4.04. The summed E-state index contributed by atoms with van der Waals surface area (Å²) in [4.78, 5) is 12.9. The Morgan fingerprint density at radius 3 is 2.79 bits per heavy atom. The van der Waals surface area contributed by atoms with Gasteiger partial charge in [0.25, 0.3) is 0 Å². The average Bonchev–Trinajstić information content (AvgIpc) is 3.02. The van der Waals surface area contributed by atoms with E-state index in [0.29, 0.717) is 18.2 Å². The van der Waals surface area contributed by atoms with Crippen LogP contribution in [0, 0.1) is 6.92 Å². The van der Waals surface area contributed by atoms with Crippen molar-refractivity contribution in [1.29, 1.82) is 0 Å². The molecule has 0 radical (unpaired) electrons. The number of hydrogen-bond acceptors (Lipinski definition) is 4. The Hall–Kier alpha value is -2.24. The van der Waals surface area contributed by atoms with Crippen molar-refractivity contribution in [3.8, 4) is 11.5 Å². The molecule has 2 aliphatic heterocycles. The Morgan fingerprint density at radius 1 is 1.25 bits per heavy atom. The summed E-state index contributed by atoms with van der Waals surface area (Å²) in [5.74, 6) is 0.866. The molecule has 5 nitrogen and oxygen atoms in total. The summed E-state index contributed by atoms with van der Waals surface area (Å²) in [5, 5.41) is 9.69. The third-order valence-electron chi connectivity index (χ3n) is 5.80. The molecule has 0 unspecified atom stereocenters. The fourth-order valence-electron chi connectivity index (χ4n) is 4.16. The van der Waals surface area contributed by atoms with Crippen LogP contribution < -0.4 is 9.47 Å². The van der Waals surface area contributed by atoms with E-state index in [1.165, 1.54) is 5.56 Å². The Morgan fingerprint density at radius 2 is 2.04 bits per heavy atom. The predicted molar refractivity (Wildman–Crippen MR) is 107 cm³/mol. The molecule has 0 aliphatic carbocycles. The molecule has 1 spiro atoms. The van der Waals surface area contributed by atoms with E-state index >= 15 is 0 Å². The smallest absolute Gasteiger partial charge is 0.317 e. The van der Waals surface area contributed by atoms with Crippen molar-refractivity contribution in [1.82, 2.24) is 4.90 Å². The van der Waals surface area contributed by atoms with Crippen molar-refractivity contribution in [2.75, 3.05) is 26.2 Å². The third kappa shape index (κ3) is 3.82. The van der Waals surface area contributed by atoms with E-state index in [9.17, 15) is 4.79 Å². The number of ether oxygens (including phenoxy) is 2. The second-order valence-electron chi connectivity index (χ2n) is 7.78. The van der Waals surface area contributed by atoms with E-state index < -0.39 is 5.97 Å². The third-order valence-corrected chi connectivity index (χ3v) is 6.16. The first-order valence-electron chi connectivity index (χ1n) is 9.54. The van der Waals surface area contributed by atoms with Crippen LogP contribution in [0.1, 0.15) is 29.5 Å². The van der Waals surface area contributed by atoms with E-state index in [1.807, 2.05) is 42.2 Å². The first-order valence-corrected chi connectivity index (χ1v) is 9.92. The maximum atomic E-state index is 10.9. The highest BCUT2D eigenvalue weighted by atomic mass is 35.5. The van der Waals surface area contributed by atoms with Gasteiger partial charge in [-0.05, 0) is 45.0 Å². The van der Waals surface area contributed by atoms with Crippen LogP contribution in [0.4, 0.5) is 0 Å². The van der Waals surface area contributed by atoms with Gasteiger partial charge in [-0.1, -0.05) is 35.4 Å². The number of hydrogen-bond donors (Lipinski definition) is 1. The number of piperidine rings is 1. The zero-order chi connectivity index (χ0) is 19.7. The van der Waals surface area contributed by atoms with Gasteiger partial charge in [0.15, 0.2) is 0 Å². The molecule has 6 heteroatoms. The van der Waals surface area contributed by atoms with Gasteiger partial charge in [-0.2, -0.15) is 0 Å². The standard InChI is InChI=1S/C22H24ClNO4/c1-15-2-5-19(23)16(10-15)13-27-17-3-4-18-20(11-17)28-14-22(18)6-8-24(9-7-22)12-21(25)26/h2-5,10-11H,6-9,12-14H2,1H3,(H,25,26). The fourth-order valence-corrected chi connectivity index (χ4v) is 4.34. The Balaban J connectivity index is 1.44. The normalized spacial score (nSPS) is 17.9. The van der Waals surface area contributed by atoms with Gasteiger partial charge in [-0.15, -0.1) is 0 Å². The van der Waals surface area contributed by atoms with Gasteiger partial charge in [0.05, 0.1) is 13.2 Å². The van der Waals surface area contributed by atoms with Crippen molar-refractivity contribution in [2.45, 2.75) is 31.8 Å². The minimum absolute atomic E-state index is 0.0112. The first kappa shape index (κ1) is 19.1. The van der Waals surface area contributed by atoms with Gasteiger partial charge in [-0.25, -0.2) is 0 Å². The number of aryl methyl sites for hydroxylation is 1. The molecule has 2 aliphatic rings. The summed E-state index contributed by atoms with van der Waals surface area (Å²) in [6, 6.07) is 12.0. The topological polar surface area (TPSA) is 59.0 Å². The molecular weight excluding hydrogens is 378 g/mol. The molecule has 0 bridgehead atoms. The summed E-state index contributed by atoms with van der Waals surface area (Å²) in [6.07, 6.45) is 1.82. The minimum Gasteiger partial charge on any atom is -0.492 e. The number of rotatable bonds is 5. The molecular formula is C22H24ClNO4. The lowest BCUT2D eigenvalue weighted by molar-refractivity contribution is -0.138. The molecule has 2 heterocycles. The van der Waals surface area contributed by atoms with Crippen molar-refractivity contribution in [3.05, 3.63) is 58.1 Å². The molecule has 4 rings (SSSR count). The van der Waals surface area contributed by atoms with Crippen LogP contribution in [0.25, 0.3) is 0 Å². The van der Waals surface area contributed by atoms with Crippen LogP contribution in [0.5, 0.6) is 11.5 Å². The summed E-state index contributed by atoms with van der Waals surface area (Å²) >= 11 is 6.25. The number of carbonyl (C=O) groups is 1. The molecule has 0 saturated carbocycles. The SMILES string of the molecule is Cc1ccc(Cl)c(COc2ccc3c(c2)OCC32CCN(CC(=O)O)CC2)c1. The zero-order valence-corrected chi connectivity index (χ0v) is 16.7.